The Bertz CT molecular complexity index is 3190. The van der Waals surface area contributed by atoms with Gasteiger partial charge in [-0.2, -0.15) is 0 Å². The van der Waals surface area contributed by atoms with E-state index in [0.29, 0.717) is 5.56 Å². The van der Waals surface area contributed by atoms with Crippen LogP contribution in [-0.2, 0) is 82.9 Å². The Balaban J connectivity index is 4.17. The van der Waals surface area contributed by atoms with Crippen LogP contribution in [0.5, 0.6) is 0 Å². The molecule has 0 aliphatic rings. The lowest BCUT2D eigenvalue weighted by Gasteiger charge is -2.37. The average Bonchev–Trinajstić information content (AvgIpc) is 0.771. The average molecular weight is 1570 g/mol. The van der Waals surface area contributed by atoms with E-state index in [4.69, 9.17) is 33.2 Å². The standard InChI is InChI=1S/C65H103F10N9O19S2/c1-15-97-50(85)34-33-48(58(93)98-16-2)82-54(89)44(29-20-22-36-76-59(94)99-40-42-26-18-17-19-27-42)78-53(88)45(30-24-38-104(66,67,68,69)70)79-52(87)43(28-21-23-37-77-60(95)102-64(9,10)11)80-57(92)49(41-100-62(3,4)5)83-56(91)47(32-35-51(86)101-63(6,7)8)81-55(90)46(84-61(96)103-65(12,13)14)31-25-39-105(71,72,73,74)75/h17-19,24-27,38-39,43-49H,15-16,20-23,28-37,40-41H2,1-14H3,(H,76,94)(H,77,95)(H,78,88)(H,79,87)(H,80,92)(H,81,90)(H,82,89)(H,83,91)(H,84,96)/b38-24+,39-25+/t43-,44-,45?,46?,47-,48-,49-/m0/s1. The van der Waals surface area contributed by atoms with Crippen molar-refractivity contribution in [3.05, 3.63) is 58.9 Å². The SMILES string of the molecule is CCOC(=O)CC[C@H](NC(=O)[C@H](CCCCNC(=O)OCc1ccccc1)NC(=O)C(C/C=C/S(F)(F)(F)(F)F)NC(=O)[C@H](CCCCNC(=O)OC(C)(C)C)NC(=O)[C@H](COC(C)(C)C)NC(=O)[C@H](CCC(=O)OC(C)(C)C)NC(=O)C(C/C=C/S(F)(F)(F)(F)F)NC(=O)OC(C)(C)C)C(=O)OCC. The van der Waals surface area contributed by atoms with Crippen LogP contribution >= 0.6 is 20.4 Å². The number of benzene rings is 1. The van der Waals surface area contributed by atoms with E-state index in [1.807, 2.05) is 5.32 Å². The molecule has 0 saturated heterocycles. The van der Waals surface area contributed by atoms with Crippen molar-refractivity contribution in [1.82, 2.24) is 47.9 Å². The van der Waals surface area contributed by atoms with Crippen LogP contribution in [0.25, 0.3) is 0 Å². The third-order valence-electron chi connectivity index (χ3n) is 13.2. The summed E-state index contributed by atoms with van der Waals surface area (Å²) in [6.07, 6.45) is -10.2. The van der Waals surface area contributed by atoms with E-state index < -0.39 is 226 Å². The number of alkyl carbamates (subject to hydrolysis) is 3. The predicted molar refractivity (Wildman–Crippen MR) is 368 cm³/mol. The van der Waals surface area contributed by atoms with Gasteiger partial charge in [0.15, 0.2) is 0 Å². The molecule has 0 bridgehead atoms. The number of rotatable bonds is 42. The largest absolute Gasteiger partial charge is 0.466 e. The van der Waals surface area contributed by atoms with Crippen LogP contribution in [0.4, 0.5) is 53.2 Å². The van der Waals surface area contributed by atoms with Gasteiger partial charge in [0.25, 0.3) is 0 Å². The molecule has 0 fully saturated rings. The topological polar surface area (TPSA) is 378 Å². The van der Waals surface area contributed by atoms with Gasteiger partial charge in [-0.05, 0) is 167 Å². The van der Waals surface area contributed by atoms with E-state index >= 15 is 0 Å². The molecule has 7 atom stereocenters. The molecule has 0 radical (unpaired) electrons. The van der Waals surface area contributed by atoms with E-state index in [2.05, 4.69) is 42.5 Å². The quantitative estimate of drug-likeness (QED) is 0.0127. The Morgan fingerprint density at radius 1 is 0.400 bits per heavy atom. The van der Waals surface area contributed by atoms with Gasteiger partial charge in [0.05, 0.1) is 36.2 Å². The van der Waals surface area contributed by atoms with Crippen LogP contribution in [-0.4, -0.2) is 169 Å². The van der Waals surface area contributed by atoms with E-state index in [0.717, 1.165) is 0 Å². The Labute approximate surface area is 604 Å². The zero-order valence-electron chi connectivity index (χ0n) is 61.3. The van der Waals surface area contributed by atoms with Gasteiger partial charge >= 0.3 is 56.6 Å². The molecule has 9 N–H and O–H groups in total. The second kappa shape index (κ2) is 38.8. The molecule has 40 heteroatoms. The fraction of sp³-hybridized carbons (Fsp3) is 0.662. The Morgan fingerprint density at radius 3 is 1.21 bits per heavy atom. The van der Waals surface area contributed by atoms with Gasteiger partial charge in [0, 0.05) is 25.9 Å². The Hall–Kier alpha value is -8.30. The monoisotopic (exact) mass is 1570 g/mol. The number of carbonyl (C=O) groups is 12. The third-order valence-corrected chi connectivity index (χ3v) is 14.6. The molecule has 0 aromatic heterocycles. The summed E-state index contributed by atoms with van der Waals surface area (Å²) in [6, 6.07) is -5.77. The van der Waals surface area contributed by atoms with E-state index in [1.165, 1.54) is 76.2 Å². The van der Waals surface area contributed by atoms with Crippen molar-refractivity contribution >= 4 is 92.1 Å². The number of nitrogens with one attached hydrogen (secondary N) is 9. The summed E-state index contributed by atoms with van der Waals surface area (Å²) >= 11 is 0. The molecule has 2 unspecified atom stereocenters. The predicted octanol–water partition coefficient (Wildman–Crippen LogP) is 10.8. The lowest BCUT2D eigenvalue weighted by molar-refractivity contribution is -0.155. The number of hydrogen-bond donors (Lipinski definition) is 9. The van der Waals surface area contributed by atoms with Crippen LogP contribution < -0.4 is 47.9 Å². The van der Waals surface area contributed by atoms with Crippen molar-refractivity contribution in [2.75, 3.05) is 32.9 Å². The zero-order chi connectivity index (χ0) is 80.8. The summed E-state index contributed by atoms with van der Waals surface area (Å²) in [5.41, 5.74) is -4.02. The van der Waals surface area contributed by atoms with Crippen molar-refractivity contribution < 1.29 is 130 Å². The first-order chi connectivity index (χ1) is 47.6. The molecule has 0 spiro atoms. The van der Waals surface area contributed by atoms with Crippen LogP contribution in [0.15, 0.2) is 53.3 Å². The summed E-state index contributed by atoms with van der Waals surface area (Å²) in [6.45, 7) is 18.8. The number of hydrogen-bond acceptors (Lipinski definition) is 19. The second-order valence-corrected chi connectivity index (χ2v) is 32.6. The maximum absolute atomic E-state index is 14.8. The summed E-state index contributed by atoms with van der Waals surface area (Å²) in [4.78, 5) is 164. The molecule has 1 aromatic rings. The first-order valence-electron chi connectivity index (χ1n) is 33.4. The zero-order valence-corrected chi connectivity index (χ0v) is 63.0. The first-order valence-corrected chi connectivity index (χ1v) is 37.4. The van der Waals surface area contributed by atoms with Gasteiger partial charge in [0.2, 0.25) is 35.4 Å². The number of halogens is 10. The molecular formula is C65H103F10N9O19S2. The maximum Gasteiger partial charge on any atom is 0.408 e. The normalized spacial score (nSPS) is 15.6. The highest BCUT2D eigenvalue weighted by molar-refractivity contribution is 8.48. The van der Waals surface area contributed by atoms with Crippen LogP contribution in [0, 0.1) is 0 Å². The van der Waals surface area contributed by atoms with Crippen LogP contribution in [0.3, 0.4) is 0 Å². The van der Waals surface area contributed by atoms with Crippen molar-refractivity contribution in [2.24, 2.45) is 0 Å². The number of unbranched alkanes of at least 4 members (excludes halogenated alkanes) is 2. The lowest BCUT2D eigenvalue weighted by Crippen LogP contribution is -2.61. The Kier molecular flexibility index (Phi) is 35.0. The Morgan fingerprint density at radius 2 is 0.771 bits per heavy atom. The molecule has 28 nitrogen and oxygen atoms in total. The minimum absolute atomic E-state index is 0.0157. The molecule has 1 rings (SSSR count). The highest BCUT2D eigenvalue weighted by Gasteiger charge is 2.61. The first kappa shape index (κ1) is 94.7. The van der Waals surface area contributed by atoms with Gasteiger partial charge in [-0.3, -0.25) is 38.4 Å². The highest BCUT2D eigenvalue weighted by Crippen LogP contribution is 2.99. The fourth-order valence-corrected chi connectivity index (χ4v) is 9.62. The van der Waals surface area contributed by atoms with Crippen LogP contribution in [0.2, 0.25) is 0 Å². The molecule has 105 heavy (non-hydrogen) atoms. The molecule has 0 saturated carbocycles. The highest BCUT2D eigenvalue weighted by atomic mass is 32.5. The molecule has 9 amide bonds. The van der Waals surface area contributed by atoms with Crippen LogP contribution in [0.1, 0.15) is 180 Å². The van der Waals surface area contributed by atoms with Crippen molar-refractivity contribution in [3.8, 4) is 0 Å². The number of ether oxygens (including phenoxy) is 7. The molecule has 0 heterocycles. The van der Waals surface area contributed by atoms with E-state index in [1.54, 1.807) is 51.1 Å². The minimum Gasteiger partial charge on any atom is -0.466 e. The second-order valence-electron chi connectivity index (χ2n) is 27.9. The molecule has 0 aliphatic heterocycles. The van der Waals surface area contributed by atoms with Crippen molar-refractivity contribution in [1.29, 1.82) is 0 Å². The molecule has 1 aromatic carbocycles. The summed E-state index contributed by atoms with van der Waals surface area (Å²) in [5.74, 6) is -11.5. The molecule has 604 valence electrons. The molecule has 0 aliphatic carbocycles. The van der Waals surface area contributed by atoms with E-state index in [-0.39, 0.29) is 70.7 Å². The van der Waals surface area contributed by atoms with E-state index in [9.17, 15) is 96.4 Å². The maximum atomic E-state index is 14.8. The van der Waals surface area contributed by atoms with Gasteiger partial charge in [0.1, 0.15) is 65.7 Å². The summed E-state index contributed by atoms with van der Waals surface area (Å²) < 4.78 is 174. The van der Waals surface area contributed by atoms with Crippen molar-refractivity contribution in [2.45, 2.75) is 245 Å². The number of carbonyl (C=O) groups excluding carboxylic acids is 12. The van der Waals surface area contributed by atoms with Gasteiger partial charge in [-0.25, -0.2) is 19.2 Å². The minimum atomic E-state index is -10.5. The van der Waals surface area contributed by atoms with Crippen molar-refractivity contribution in [3.63, 3.8) is 0 Å². The lowest BCUT2D eigenvalue weighted by atomic mass is 10.0. The third kappa shape index (κ3) is 48.4. The number of amides is 9. The van der Waals surface area contributed by atoms with Gasteiger partial charge in [-0.15, -0.1) is 0 Å². The summed E-state index contributed by atoms with van der Waals surface area (Å²) in [7, 11) is -20.8. The summed E-state index contributed by atoms with van der Waals surface area (Å²) in [5, 5.41) is 17.4. The van der Waals surface area contributed by atoms with Gasteiger partial charge < -0.3 is 81.0 Å². The number of esters is 3. The van der Waals surface area contributed by atoms with Gasteiger partial charge in [-0.1, -0.05) is 81.3 Å². The fourth-order valence-electron chi connectivity index (χ4n) is 8.67. The molecular weight excluding hydrogens is 1460 g/mol. The smallest absolute Gasteiger partial charge is 0.408 e.